The van der Waals surface area contributed by atoms with Gasteiger partial charge < -0.3 is 15.3 Å². The van der Waals surface area contributed by atoms with Crippen LogP contribution in [0.2, 0.25) is 0 Å². The van der Waals surface area contributed by atoms with Crippen molar-refractivity contribution in [3.05, 3.63) is 29.8 Å². The number of hydrogen-bond acceptors (Lipinski definition) is 3. The van der Waals surface area contributed by atoms with E-state index in [0.717, 1.165) is 12.1 Å². The lowest BCUT2D eigenvalue weighted by Gasteiger charge is -2.37. The second-order valence-corrected chi connectivity index (χ2v) is 4.72. The van der Waals surface area contributed by atoms with Crippen LogP contribution >= 0.6 is 0 Å². The number of piperazine rings is 1. The van der Waals surface area contributed by atoms with Gasteiger partial charge >= 0.3 is 0 Å². The molecule has 0 bridgehead atoms. The molecule has 1 aliphatic heterocycles. The molecule has 1 aliphatic rings. The Balaban J connectivity index is 2.25. The van der Waals surface area contributed by atoms with Gasteiger partial charge in [0.1, 0.15) is 6.04 Å². The van der Waals surface area contributed by atoms with E-state index in [0.29, 0.717) is 6.54 Å². The zero-order valence-corrected chi connectivity index (χ0v) is 10.9. The molecule has 0 saturated carbocycles. The fraction of sp³-hybridized carbons (Fsp3) is 0.500. The molecule has 0 aliphatic carbocycles. The van der Waals surface area contributed by atoms with Crippen molar-refractivity contribution < 1.29 is 9.90 Å². The van der Waals surface area contributed by atoms with Gasteiger partial charge in [0.05, 0.1) is 6.61 Å². The van der Waals surface area contributed by atoms with Crippen LogP contribution in [0.4, 0.5) is 5.69 Å². The molecule has 98 valence electrons. The highest BCUT2D eigenvalue weighted by molar-refractivity contribution is 5.98. The maximum absolute atomic E-state index is 12.2. The first-order valence-corrected chi connectivity index (χ1v) is 6.43. The molecule has 18 heavy (non-hydrogen) atoms. The molecule has 2 N–H and O–H groups in total. The van der Waals surface area contributed by atoms with Crippen molar-refractivity contribution in [2.45, 2.75) is 32.4 Å². The number of nitrogens with zero attached hydrogens (tertiary/aromatic N) is 1. The summed E-state index contributed by atoms with van der Waals surface area (Å²) >= 11 is 0. The van der Waals surface area contributed by atoms with Gasteiger partial charge in [-0.1, -0.05) is 19.1 Å². The highest BCUT2D eigenvalue weighted by Crippen LogP contribution is 2.21. The molecule has 1 amide bonds. The molecule has 0 spiro atoms. The fourth-order valence-corrected chi connectivity index (χ4v) is 2.29. The Labute approximate surface area is 108 Å². The number of aliphatic hydroxyl groups excluding tert-OH is 1. The number of carbonyl (C=O) groups is 1. The molecule has 1 heterocycles. The standard InChI is InChI=1S/C14H20N2O2/c1-3-11-4-6-12(7-5-11)16-10(2)8-15-13(9-17)14(16)18/h4-7,10,13,15,17H,3,8-9H2,1-2H3. The number of amides is 1. The van der Waals surface area contributed by atoms with Crippen molar-refractivity contribution in [3.63, 3.8) is 0 Å². The van der Waals surface area contributed by atoms with E-state index in [1.165, 1.54) is 5.56 Å². The topological polar surface area (TPSA) is 52.6 Å². The van der Waals surface area contributed by atoms with Gasteiger partial charge in [-0.25, -0.2) is 0 Å². The van der Waals surface area contributed by atoms with E-state index in [1.807, 2.05) is 31.2 Å². The summed E-state index contributed by atoms with van der Waals surface area (Å²) in [6, 6.07) is 7.68. The minimum absolute atomic E-state index is 0.0551. The third-order valence-corrected chi connectivity index (χ3v) is 3.44. The van der Waals surface area contributed by atoms with Crippen LogP contribution in [-0.4, -0.2) is 36.2 Å². The first-order chi connectivity index (χ1) is 8.67. The molecule has 2 rings (SSSR count). The number of benzene rings is 1. The summed E-state index contributed by atoms with van der Waals surface area (Å²) < 4.78 is 0. The van der Waals surface area contributed by atoms with E-state index in [2.05, 4.69) is 12.2 Å². The largest absolute Gasteiger partial charge is 0.394 e. The number of aryl methyl sites for hydroxylation is 1. The molecule has 1 aromatic rings. The summed E-state index contributed by atoms with van der Waals surface area (Å²) in [4.78, 5) is 14.0. The normalized spacial score (nSPS) is 24.4. The highest BCUT2D eigenvalue weighted by Gasteiger charge is 2.33. The van der Waals surface area contributed by atoms with Crippen LogP contribution in [0, 0.1) is 0 Å². The number of nitrogens with one attached hydrogen (secondary N) is 1. The number of carbonyl (C=O) groups excluding carboxylic acids is 1. The summed E-state index contributed by atoms with van der Waals surface area (Å²) in [5, 5.41) is 12.2. The number of hydrogen-bond donors (Lipinski definition) is 2. The van der Waals surface area contributed by atoms with Crippen LogP contribution in [-0.2, 0) is 11.2 Å². The third kappa shape index (κ3) is 2.40. The minimum Gasteiger partial charge on any atom is -0.394 e. The lowest BCUT2D eigenvalue weighted by molar-refractivity contribution is -0.123. The second kappa shape index (κ2) is 5.50. The van der Waals surface area contributed by atoms with E-state index in [4.69, 9.17) is 0 Å². The molecule has 1 fully saturated rings. The minimum atomic E-state index is -0.480. The Kier molecular flexibility index (Phi) is 3.99. The lowest BCUT2D eigenvalue weighted by Crippen LogP contribution is -2.60. The molecule has 1 aromatic carbocycles. The summed E-state index contributed by atoms with van der Waals surface area (Å²) in [6.07, 6.45) is 0.991. The molecule has 1 saturated heterocycles. The molecule has 2 atom stereocenters. The SMILES string of the molecule is CCc1ccc(N2C(=O)C(CO)NCC2C)cc1. The van der Waals surface area contributed by atoms with Crippen LogP contribution in [0.25, 0.3) is 0 Å². The Bertz CT molecular complexity index is 416. The van der Waals surface area contributed by atoms with E-state index in [9.17, 15) is 9.90 Å². The quantitative estimate of drug-likeness (QED) is 0.837. The zero-order valence-electron chi connectivity index (χ0n) is 10.9. The van der Waals surface area contributed by atoms with Crippen LogP contribution < -0.4 is 10.2 Å². The maximum atomic E-state index is 12.2. The molecule has 4 nitrogen and oxygen atoms in total. The van der Waals surface area contributed by atoms with Gasteiger partial charge in [0, 0.05) is 18.3 Å². The average molecular weight is 248 g/mol. The average Bonchev–Trinajstić information content (AvgIpc) is 2.40. The van der Waals surface area contributed by atoms with Crippen LogP contribution in [0.3, 0.4) is 0 Å². The van der Waals surface area contributed by atoms with Crippen molar-refractivity contribution in [2.75, 3.05) is 18.1 Å². The van der Waals surface area contributed by atoms with Crippen LogP contribution in [0.5, 0.6) is 0 Å². The third-order valence-electron chi connectivity index (χ3n) is 3.44. The molecule has 2 unspecified atom stereocenters. The van der Waals surface area contributed by atoms with Gasteiger partial charge in [0.2, 0.25) is 5.91 Å². The second-order valence-electron chi connectivity index (χ2n) is 4.72. The smallest absolute Gasteiger partial charge is 0.246 e. The van der Waals surface area contributed by atoms with E-state index in [-0.39, 0.29) is 18.6 Å². The summed E-state index contributed by atoms with van der Waals surface area (Å²) in [7, 11) is 0. The van der Waals surface area contributed by atoms with Crippen molar-refractivity contribution in [3.8, 4) is 0 Å². The summed E-state index contributed by atoms with van der Waals surface area (Å²) in [5.41, 5.74) is 2.16. The maximum Gasteiger partial charge on any atom is 0.246 e. The Morgan fingerprint density at radius 2 is 2.06 bits per heavy atom. The Morgan fingerprint density at radius 1 is 1.39 bits per heavy atom. The van der Waals surface area contributed by atoms with Gasteiger partial charge in [-0.05, 0) is 31.0 Å². The Hall–Kier alpha value is -1.39. The van der Waals surface area contributed by atoms with Crippen molar-refractivity contribution >= 4 is 11.6 Å². The summed E-state index contributed by atoms with van der Waals surface area (Å²) in [6.45, 7) is 4.66. The van der Waals surface area contributed by atoms with Crippen molar-refractivity contribution in [1.82, 2.24) is 5.32 Å². The Morgan fingerprint density at radius 3 is 2.61 bits per heavy atom. The predicted octanol–water partition coefficient (Wildman–Crippen LogP) is 0.935. The van der Waals surface area contributed by atoms with Gasteiger partial charge in [0.25, 0.3) is 0 Å². The summed E-state index contributed by atoms with van der Waals surface area (Å²) in [5.74, 6) is -0.0551. The van der Waals surface area contributed by atoms with E-state index in [1.54, 1.807) is 4.90 Å². The first kappa shape index (κ1) is 13.1. The lowest BCUT2D eigenvalue weighted by atomic mass is 10.1. The molecule has 4 heteroatoms. The van der Waals surface area contributed by atoms with Gasteiger partial charge in [-0.2, -0.15) is 0 Å². The molecular weight excluding hydrogens is 228 g/mol. The van der Waals surface area contributed by atoms with Gasteiger partial charge in [-0.3, -0.25) is 4.79 Å². The van der Waals surface area contributed by atoms with Crippen LogP contribution in [0.15, 0.2) is 24.3 Å². The highest BCUT2D eigenvalue weighted by atomic mass is 16.3. The number of anilines is 1. The fourth-order valence-electron chi connectivity index (χ4n) is 2.29. The molecule has 0 aromatic heterocycles. The van der Waals surface area contributed by atoms with E-state index < -0.39 is 6.04 Å². The predicted molar refractivity (Wildman–Crippen MR) is 71.6 cm³/mol. The molecular formula is C14H20N2O2. The molecule has 0 radical (unpaired) electrons. The van der Waals surface area contributed by atoms with Gasteiger partial charge in [-0.15, -0.1) is 0 Å². The number of aliphatic hydroxyl groups is 1. The number of rotatable bonds is 3. The zero-order chi connectivity index (χ0) is 13.1. The van der Waals surface area contributed by atoms with Gasteiger partial charge in [0.15, 0.2) is 0 Å². The monoisotopic (exact) mass is 248 g/mol. The van der Waals surface area contributed by atoms with E-state index >= 15 is 0 Å². The first-order valence-electron chi connectivity index (χ1n) is 6.43. The van der Waals surface area contributed by atoms with Crippen molar-refractivity contribution in [2.24, 2.45) is 0 Å². The van der Waals surface area contributed by atoms with Crippen molar-refractivity contribution in [1.29, 1.82) is 0 Å². The van der Waals surface area contributed by atoms with Crippen LogP contribution in [0.1, 0.15) is 19.4 Å².